The minimum atomic E-state index is 0.113. The van der Waals surface area contributed by atoms with Gasteiger partial charge in [-0.15, -0.1) is 0 Å². The molecule has 0 radical (unpaired) electrons. The number of rotatable bonds is 2. The van der Waals surface area contributed by atoms with Crippen molar-refractivity contribution in [3.63, 3.8) is 0 Å². The van der Waals surface area contributed by atoms with Crippen LogP contribution in [-0.2, 0) is 6.61 Å². The highest BCUT2D eigenvalue weighted by Crippen LogP contribution is 2.40. The molecule has 1 fully saturated rings. The molecule has 3 heteroatoms. The molecular weight excluding hydrogens is 128 g/mol. The number of aromatic nitrogens is 2. The van der Waals surface area contributed by atoms with Crippen molar-refractivity contribution in [3.05, 3.63) is 17.5 Å². The highest BCUT2D eigenvalue weighted by molar-refractivity contribution is 5.23. The van der Waals surface area contributed by atoms with Crippen molar-refractivity contribution in [2.75, 3.05) is 0 Å². The van der Waals surface area contributed by atoms with Crippen molar-refractivity contribution in [1.82, 2.24) is 10.2 Å². The van der Waals surface area contributed by atoms with Crippen LogP contribution >= 0.6 is 0 Å². The largest absolute Gasteiger partial charge is 0.392 e. The molecule has 0 bridgehead atoms. The van der Waals surface area contributed by atoms with E-state index in [0.29, 0.717) is 5.92 Å². The molecule has 1 aromatic heterocycles. The van der Waals surface area contributed by atoms with E-state index in [-0.39, 0.29) is 6.61 Å². The fourth-order valence-corrected chi connectivity index (χ4v) is 1.16. The van der Waals surface area contributed by atoms with Crippen LogP contribution in [0.2, 0.25) is 0 Å². The molecule has 0 aliphatic heterocycles. The summed E-state index contributed by atoms with van der Waals surface area (Å²) >= 11 is 0. The van der Waals surface area contributed by atoms with Crippen LogP contribution in [0.1, 0.15) is 30.0 Å². The Labute approximate surface area is 59.1 Å². The fourth-order valence-electron chi connectivity index (χ4n) is 1.16. The van der Waals surface area contributed by atoms with Gasteiger partial charge in [-0.2, -0.15) is 5.10 Å². The van der Waals surface area contributed by atoms with Crippen LogP contribution in [0.4, 0.5) is 0 Å². The van der Waals surface area contributed by atoms with Crippen molar-refractivity contribution in [3.8, 4) is 0 Å². The van der Waals surface area contributed by atoms with Gasteiger partial charge in [-0.25, -0.2) is 0 Å². The SMILES string of the molecule is OCc1c[nH]nc1C1CC1. The standard InChI is InChI=1S/C7H10N2O/c10-4-6-3-8-9-7(6)5-1-2-5/h3,5,10H,1-2,4H2,(H,8,9). The maximum atomic E-state index is 8.82. The molecule has 1 aromatic rings. The Morgan fingerprint density at radius 2 is 2.50 bits per heavy atom. The third-order valence-electron chi connectivity index (χ3n) is 1.89. The highest BCUT2D eigenvalue weighted by Gasteiger charge is 2.27. The first-order valence-electron chi connectivity index (χ1n) is 3.55. The average Bonchev–Trinajstić information content (AvgIpc) is 2.69. The number of hydrogen-bond acceptors (Lipinski definition) is 2. The number of aliphatic hydroxyl groups excluding tert-OH is 1. The van der Waals surface area contributed by atoms with E-state index in [1.54, 1.807) is 6.20 Å². The van der Waals surface area contributed by atoms with Gasteiger partial charge in [0.25, 0.3) is 0 Å². The van der Waals surface area contributed by atoms with Crippen molar-refractivity contribution < 1.29 is 5.11 Å². The third kappa shape index (κ3) is 0.827. The van der Waals surface area contributed by atoms with Crippen LogP contribution in [0, 0.1) is 0 Å². The van der Waals surface area contributed by atoms with E-state index in [2.05, 4.69) is 10.2 Å². The van der Waals surface area contributed by atoms with E-state index in [9.17, 15) is 0 Å². The second-order valence-electron chi connectivity index (χ2n) is 2.73. The predicted molar refractivity (Wildman–Crippen MR) is 36.5 cm³/mol. The van der Waals surface area contributed by atoms with Crippen molar-refractivity contribution in [2.45, 2.75) is 25.4 Å². The lowest BCUT2D eigenvalue weighted by Crippen LogP contribution is -1.87. The first-order valence-corrected chi connectivity index (χ1v) is 3.55. The summed E-state index contributed by atoms with van der Waals surface area (Å²) in [6.45, 7) is 0.113. The van der Waals surface area contributed by atoms with E-state index in [4.69, 9.17) is 5.11 Å². The van der Waals surface area contributed by atoms with Crippen molar-refractivity contribution in [1.29, 1.82) is 0 Å². The van der Waals surface area contributed by atoms with Gasteiger partial charge < -0.3 is 5.11 Å². The Kier molecular flexibility index (Phi) is 1.24. The molecule has 1 saturated carbocycles. The molecule has 1 heterocycles. The number of nitrogens with zero attached hydrogens (tertiary/aromatic N) is 1. The van der Waals surface area contributed by atoms with Crippen molar-refractivity contribution >= 4 is 0 Å². The van der Waals surface area contributed by atoms with E-state index in [1.165, 1.54) is 12.8 Å². The van der Waals surface area contributed by atoms with Gasteiger partial charge in [-0.1, -0.05) is 0 Å². The summed E-state index contributed by atoms with van der Waals surface area (Å²) in [5.41, 5.74) is 2.03. The Morgan fingerprint density at radius 3 is 3.10 bits per heavy atom. The van der Waals surface area contributed by atoms with Crippen LogP contribution < -0.4 is 0 Å². The summed E-state index contributed by atoms with van der Waals surface area (Å²) < 4.78 is 0. The summed E-state index contributed by atoms with van der Waals surface area (Å²) in [4.78, 5) is 0. The van der Waals surface area contributed by atoms with Gasteiger partial charge in [0.05, 0.1) is 12.3 Å². The molecule has 0 amide bonds. The first-order chi connectivity index (χ1) is 4.92. The second kappa shape index (κ2) is 2.09. The van der Waals surface area contributed by atoms with Gasteiger partial charge in [0.1, 0.15) is 0 Å². The van der Waals surface area contributed by atoms with Crippen LogP contribution in [-0.4, -0.2) is 15.3 Å². The Balaban J connectivity index is 2.28. The summed E-state index contributed by atoms with van der Waals surface area (Å²) in [7, 11) is 0. The molecule has 0 saturated heterocycles. The van der Waals surface area contributed by atoms with E-state index in [1.807, 2.05) is 0 Å². The maximum Gasteiger partial charge on any atom is 0.0715 e. The molecule has 54 valence electrons. The molecule has 2 N–H and O–H groups in total. The number of aliphatic hydroxyl groups is 1. The highest BCUT2D eigenvalue weighted by atomic mass is 16.3. The lowest BCUT2D eigenvalue weighted by Gasteiger charge is -1.92. The molecule has 3 nitrogen and oxygen atoms in total. The molecule has 1 aliphatic rings. The molecule has 2 rings (SSSR count). The topological polar surface area (TPSA) is 48.9 Å². The van der Waals surface area contributed by atoms with Gasteiger partial charge >= 0.3 is 0 Å². The maximum absolute atomic E-state index is 8.82. The molecule has 1 aliphatic carbocycles. The van der Waals surface area contributed by atoms with E-state index < -0.39 is 0 Å². The molecular formula is C7H10N2O. The summed E-state index contributed by atoms with van der Waals surface area (Å²) in [5, 5.41) is 15.6. The summed E-state index contributed by atoms with van der Waals surface area (Å²) in [6, 6.07) is 0. The van der Waals surface area contributed by atoms with Gasteiger partial charge in [-0.05, 0) is 12.8 Å². The summed E-state index contributed by atoms with van der Waals surface area (Å²) in [6.07, 6.45) is 4.24. The molecule has 10 heavy (non-hydrogen) atoms. The van der Waals surface area contributed by atoms with Gasteiger partial charge in [0.2, 0.25) is 0 Å². The predicted octanol–water partition coefficient (Wildman–Crippen LogP) is 0.779. The summed E-state index contributed by atoms with van der Waals surface area (Å²) in [5.74, 6) is 0.633. The van der Waals surface area contributed by atoms with Crippen LogP contribution in [0.25, 0.3) is 0 Å². The lowest BCUT2D eigenvalue weighted by molar-refractivity contribution is 0.280. The minimum absolute atomic E-state index is 0.113. The number of nitrogens with one attached hydrogen (secondary N) is 1. The second-order valence-corrected chi connectivity index (χ2v) is 2.73. The zero-order chi connectivity index (χ0) is 6.97. The number of H-pyrrole nitrogens is 1. The Morgan fingerprint density at radius 1 is 1.70 bits per heavy atom. The zero-order valence-corrected chi connectivity index (χ0v) is 5.67. The number of aromatic amines is 1. The monoisotopic (exact) mass is 138 g/mol. The lowest BCUT2D eigenvalue weighted by atomic mass is 10.2. The van der Waals surface area contributed by atoms with Crippen LogP contribution in [0.3, 0.4) is 0 Å². The normalized spacial score (nSPS) is 17.7. The quantitative estimate of drug-likeness (QED) is 0.634. The van der Waals surface area contributed by atoms with E-state index in [0.717, 1.165) is 11.3 Å². The molecule has 0 aromatic carbocycles. The third-order valence-corrected chi connectivity index (χ3v) is 1.89. The average molecular weight is 138 g/mol. The van der Waals surface area contributed by atoms with Crippen molar-refractivity contribution in [2.24, 2.45) is 0 Å². The van der Waals surface area contributed by atoms with Crippen LogP contribution in [0.15, 0.2) is 6.20 Å². The molecule has 0 atom stereocenters. The Bertz CT molecular complexity index is 227. The first kappa shape index (κ1) is 5.92. The van der Waals surface area contributed by atoms with Gasteiger partial charge in [0, 0.05) is 17.7 Å². The van der Waals surface area contributed by atoms with Gasteiger partial charge in [0.15, 0.2) is 0 Å². The Hall–Kier alpha value is -0.830. The number of hydrogen-bond donors (Lipinski definition) is 2. The molecule has 0 spiro atoms. The minimum Gasteiger partial charge on any atom is -0.392 e. The molecule has 0 unspecified atom stereocenters. The van der Waals surface area contributed by atoms with E-state index >= 15 is 0 Å². The van der Waals surface area contributed by atoms with Crippen LogP contribution in [0.5, 0.6) is 0 Å². The van der Waals surface area contributed by atoms with Gasteiger partial charge in [-0.3, -0.25) is 5.10 Å². The smallest absolute Gasteiger partial charge is 0.0715 e. The zero-order valence-electron chi connectivity index (χ0n) is 5.67. The fraction of sp³-hybridized carbons (Fsp3) is 0.571.